The molecule has 0 atom stereocenters. The molecule has 0 amide bonds. The number of hydrogen-bond donors (Lipinski definition) is 0. The molecule has 0 saturated carbocycles. The highest BCUT2D eigenvalue weighted by Crippen LogP contribution is 2.49. The minimum absolute atomic E-state index is 0.435. The van der Waals surface area contributed by atoms with Crippen LogP contribution in [0.5, 0.6) is 0 Å². The van der Waals surface area contributed by atoms with Crippen LogP contribution < -0.4 is 0 Å². The van der Waals surface area contributed by atoms with Crippen LogP contribution in [0.2, 0.25) is 0 Å². The minimum Gasteiger partial charge on any atom is -0.306 e. The Labute approximate surface area is 377 Å². The maximum absolute atomic E-state index is 12.5. The summed E-state index contributed by atoms with van der Waals surface area (Å²) in [7, 11) is 0. The molecule has 0 aliphatic heterocycles. The Balaban J connectivity index is 1.35. The predicted molar refractivity (Wildman–Crippen MR) is 271 cm³/mol. The van der Waals surface area contributed by atoms with Gasteiger partial charge in [-0.25, -0.2) is 0 Å². The number of fused-ring (bicyclic) bond motifs is 14. The highest BCUT2D eigenvalue weighted by molar-refractivity contribution is 6.20. The molecule has 0 N–H and O–H groups in total. The number of nitrogens with zero attached hydrogens (tertiary/aromatic N) is 6. The highest BCUT2D eigenvalue weighted by atomic mass is 15.1. The van der Waals surface area contributed by atoms with E-state index in [1.165, 1.54) is 0 Å². The monoisotopic (exact) mass is 838 g/mol. The maximum Gasteiger partial charge on any atom is 0.104 e. The standard InChI is InChI=1S/C60H34N6/c61-35-47-57(63-49-26-10-3-19-39(49)40-20-4-11-27-50(40)63)58(64-51-28-12-5-21-41(51)42-22-6-13-29-52(42)64)48(36-62)60(59(47)65-53-30-14-7-23-43(53)44-24-8-15-31-54(44)65)66-55-32-16-9-25-45(55)46-34-33-37-17-1-2-18-38(37)56(46)66/h1-34H. The van der Waals surface area contributed by atoms with Crippen molar-refractivity contribution in [3.8, 4) is 34.9 Å². The Morgan fingerprint density at radius 3 is 0.833 bits per heavy atom. The van der Waals surface area contributed by atoms with Crippen LogP contribution in [0.3, 0.4) is 0 Å². The summed E-state index contributed by atoms with van der Waals surface area (Å²) in [5.74, 6) is 0. The van der Waals surface area contributed by atoms with E-state index in [1.807, 2.05) is 0 Å². The third-order valence-corrected chi connectivity index (χ3v) is 13.8. The zero-order valence-corrected chi connectivity index (χ0v) is 35.3. The van der Waals surface area contributed by atoms with Crippen molar-refractivity contribution in [2.45, 2.75) is 0 Å². The molecule has 6 nitrogen and oxygen atoms in total. The molecular weight excluding hydrogens is 805 g/mol. The normalized spacial score (nSPS) is 11.9. The van der Waals surface area contributed by atoms with Gasteiger partial charge < -0.3 is 18.3 Å². The van der Waals surface area contributed by atoms with Gasteiger partial charge in [0, 0.05) is 48.5 Å². The van der Waals surface area contributed by atoms with Gasteiger partial charge >= 0.3 is 0 Å². The molecule has 6 heteroatoms. The van der Waals surface area contributed by atoms with E-state index in [0.717, 1.165) is 98.0 Å². The fourth-order valence-corrected chi connectivity index (χ4v) is 11.2. The molecule has 0 fully saturated rings. The van der Waals surface area contributed by atoms with Crippen molar-refractivity contribution in [1.82, 2.24) is 18.3 Å². The lowest BCUT2D eigenvalue weighted by Crippen LogP contribution is -2.16. The van der Waals surface area contributed by atoms with Crippen molar-refractivity contribution in [3.05, 3.63) is 217 Å². The van der Waals surface area contributed by atoms with E-state index in [-0.39, 0.29) is 0 Å². The van der Waals surface area contributed by atoms with Crippen LogP contribution in [0.4, 0.5) is 0 Å². The van der Waals surface area contributed by atoms with Gasteiger partial charge in [0.2, 0.25) is 0 Å². The summed E-state index contributed by atoms with van der Waals surface area (Å²) in [5, 5.41) is 35.5. The van der Waals surface area contributed by atoms with Gasteiger partial charge in [-0.15, -0.1) is 0 Å². The number of nitriles is 2. The van der Waals surface area contributed by atoms with Gasteiger partial charge in [-0.2, -0.15) is 10.5 Å². The number of aromatic nitrogens is 4. The molecule has 10 aromatic carbocycles. The van der Waals surface area contributed by atoms with E-state index < -0.39 is 0 Å². The molecule has 0 saturated heterocycles. The molecule has 14 rings (SSSR count). The van der Waals surface area contributed by atoms with Crippen molar-refractivity contribution in [2.75, 3.05) is 0 Å². The summed E-state index contributed by atoms with van der Waals surface area (Å²) >= 11 is 0. The van der Waals surface area contributed by atoms with Gasteiger partial charge in [-0.3, -0.25) is 0 Å². The maximum atomic E-state index is 12.5. The second-order valence-corrected chi connectivity index (χ2v) is 17.0. The first-order valence-electron chi connectivity index (χ1n) is 22.2. The number of hydrogen-bond acceptors (Lipinski definition) is 2. The summed E-state index contributed by atoms with van der Waals surface area (Å²) in [6.45, 7) is 0. The van der Waals surface area contributed by atoms with Gasteiger partial charge in [-0.1, -0.05) is 164 Å². The van der Waals surface area contributed by atoms with Gasteiger partial charge in [0.05, 0.1) is 66.9 Å². The zero-order chi connectivity index (χ0) is 43.6. The zero-order valence-electron chi connectivity index (χ0n) is 35.3. The number of rotatable bonds is 4. The quantitative estimate of drug-likeness (QED) is 0.177. The minimum atomic E-state index is 0.435. The fraction of sp³-hybridized carbons (Fsp3) is 0. The summed E-state index contributed by atoms with van der Waals surface area (Å²) in [4.78, 5) is 0. The largest absolute Gasteiger partial charge is 0.306 e. The summed E-state index contributed by atoms with van der Waals surface area (Å²) in [6, 6.07) is 77.6. The Hall–Kier alpha value is -9.36. The summed E-state index contributed by atoms with van der Waals surface area (Å²) in [6.07, 6.45) is 0. The Kier molecular flexibility index (Phi) is 7.43. The van der Waals surface area contributed by atoms with Crippen molar-refractivity contribution in [1.29, 1.82) is 10.5 Å². The number of benzene rings is 10. The first-order valence-corrected chi connectivity index (χ1v) is 22.2. The van der Waals surface area contributed by atoms with Gasteiger partial charge in [0.15, 0.2) is 0 Å². The van der Waals surface area contributed by atoms with Gasteiger partial charge in [0.1, 0.15) is 23.3 Å². The van der Waals surface area contributed by atoms with E-state index in [9.17, 15) is 10.5 Å². The molecule has 0 spiro atoms. The van der Waals surface area contributed by atoms with Crippen molar-refractivity contribution in [2.24, 2.45) is 0 Å². The van der Waals surface area contributed by atoms with Gasteiger partial charge in [-0.05, 0) is 47.9 Å². The van der Waals surface area contributed by atoms with Crippen LogP contribution in [0, 0.1) is 22.7 Å². The fourth-order valence-electron chi connectivity index (χ4n) is 11.2. The topological polar surface area (TPSA) is 67.3 Å². The first-order chi connectivity index (χ1) is 32.7. The van der Waals surface area contributed by atoms with Crippen LogP contribution in [0.15, 0.2) is 206 Å². The average Bonchev–Trinajstić information content (AvgIpc) is 4.11. The second-order valence-electron chi connectivity index (χ2n) is 17.0. The van der Waals surface area contributed by atoms with E-state index >= 15 is 0 Å². The molecule has 0 unspecified atom stereocenters. The van der Waals surface area contributed by atoms with E-state index in [0.29, 0.717) is 33.9 Å². The van der Waals surface area contributed by atoms with Gasteiger partial charge in [0.25, 0.3) is 0 Å². The molecular formula is C60H34N6. The van der Waals surface area contributed by atoms with Crippen LogP contribution >= 0.6 is 0 Å². The predicted octanol–water partition coefficient (Wildman–Crippen LogP) is 15.0. The lowest BCUT2D eigenvalue weighted by molar-refractivity contribution is 1.02. The third kappa shape index (κ3) is 4.66. The highest BCUT2D eigenvalue weighted by Gasteiger charge is 2.34. The van der Waals surface area contributed by atoms with Crippen molar-refractivity contribution < 1.29 is 0 Å². The van der Waals surface area contributed by atoms with Crippen LogP contribution in [-0.2, 0) is 0 Å². The Morgan fingerprint density at radius 1 is 0.242 bits per heavy atom. The van der Waals surface area contributed by atoms with Crippen molar-refractivity contribution >= 4 is 98.0 Å². The second kappa shape index (κ2) is 13.6. The molecule has 0 aliphatic rings. The molecule has 0 aliphatic carbocycles. The lowest BCUT2D eigenvalue weighted by Gasteiger charge is -2.27. The summed E-state index contributed by atoms with van der Waals surface area (Å²) in [5.41, 5.74) is 10.9. The van der Waals surface area contributed by atoms with E-state index in [2.05, 4.69) is 237 Å². The smallest absolute Gasteiger partial charge is 0.104 e. The Bertz CT molecular complexity index is 4340. The molecule has 4 aromatic heterocycles. The molecule has 14 aromatic rings. The first kappa shape index (κ1) is 36.2. The average molecular weight is 839 g/mol. The van der Waals surface area contributed by atoms with E-state index in [1.54, 1.807) is 0 Å². The van der Waals surface area contributed by atoms with E-state index in [4.69, 9.17) is 0 Å². The molecule has 304 valence electrons. The Morgan fingerprint density at radius 2 is 0.500 bits per heavy atom. The molecule has 0 radical (unpaired) electrons. The number of para-hydroxylation sites is 7. The molecule has 66 heavy (non-hydrogen) atoms. The SMILES string of the molecule is N#Cc1c(-n2c3ccccc3c3ccccc32)c(-n2c3ccccc3c3ccccc32)c(C#N)c(-n2c3ccccc3c3ccc4ccccc4c32)c1-n1c2ccccc2c2ccccc21. The molecule has 0 bridgehead atoms. The summed E-state index contributed by atoms with van der Waals surface area (Å²) < 4.78 is 9.02. The molecule has 4 heterocycles. The van der Waals surface area contributed by atoms with Crippen LogP contribution in [0.25, 0.3) is 121 Å². The third-order valence-electron chi connectivity index (χ3n) is 13.8. The lowest BCUT2D eigenvalue weighted by atomic mass is 9.98. The van der Waals surface area contributed by atoms with Crippen LogP contribution in [-0.4, -0.2) is 18.3 Å². The van der Waals surface area contributed by atoms with Crippen LogP contribution in [0.1, 0.15) is 11.1 Å². The van der Waals surface area contributed by atoms with Crippen molar-refractivity contribution in [3.63, 3.8) is 0 Å².